The second-order valence-electron chi connectivity index (χ2n) is 5.70. The lowest BCUT2D eigenvalue weighted by molar-refractivity contribution is 0.100. The third-order valence-electron chi connectivity index (χ3n) is 3.96. The highest BCUT2D eigenvalue weighted by molar-refractivity contribution is 5.93. The first-order valence-corrected chi connectivity index (χ1v) is 7.59. The number of pyridine rings is 1. The average Bonchev–Trinajstić information content (AvgIpc) is 2.92. The van der Waals surface area contributed by atoms with Gasteiger partial charge in [-0.15, -0.1) is 0 Å². The summed E-state index contributed by atoms with van der Waals surface area (Å²) in [5, 5.41) is 9.46. The number of primary amides is 1. The number of nitrogens with zero attached hydrogens (tertiary/aromatic N) is 2. The number of hydrogen-bond donors (Lipinski definition) is 2. The molecule has 0 aliphatic heterocycles. The summed E-state index contributed by atoms with van der Waals surface area (Å²) in [5.41, 5.74) is 14.8. The minimum Gasteiger partial charge on any atom is -0.466 e. The van der Waals surface area contributed by atoms with Crippen LogP contribution in [-0.2, 0) is 0 Å². The number of benzene rings is 1. The van der Waals surface area contributed by atoms with Crippen molar-refractivity contribution < 1.29 is 9.21 Å². The van der Waals surface area contributed by atoms with Gasteiger partial charge in [-0.1, -0.05) is 12.1 Å². The number of aryl methyl sites for hydroxylation is 2. The Bertz CT molecular complexity index is 1010. The van der Waals surface area contributed by atoms with Gasteiger partial charge in [0.05, 0.1) is 5.69 Å². The van der Waals surface area contributed by atoms with E-state index in [0.29, 0.717) is 16.8 Å². The molecule has 0 aliphatic carbocycles. The number of aromatic nitrogens is 1. The van der Waals surface area contributed by atoms with Gasteiger partial charge in [-0.05, 0) is 43.7 Å². The Morgan fingerprint density at radius 1 is 1.16 bits per heavy atom. The Morgan fingerprint density at radius 2 is 1.84 bits per heavy atom. The summed E-state index contributed by atoms with van der Waals surface area (Å²) in [6, 6.07) is 12.5. The van der Waals surface area contributed by atoms with Gasteiger partial charge in [0.15, 0.2) is 0 Å². The van der Waals surface area contributed by atoms with Crippen molar-refractivity contribution >= 4 is 11.7 Å². The van der Waals surface area contributed by atoms with E-state index in [1.807, 2.05) is 19.9 Å². The fraction of sp³-hybridized carbons (Fsp3) is 0.105. The predicted octanol–water partition coefficient (Wildman–Crippen LogP) is 3.18. The second kappa shape index (κ2) is 6.13. The van der Waals surface area contributed by atoms with Crippen LogP contribution < -0.4 is 11.5 Å². The standard InChI is InChI=1S/C19H16N4O2/c1-10-7-14(11(2)25-10)17-8-15(16(9-20)18(21)23-17)12-3-5-13(6-4-12)19(22)24/h3-8H,1-2H3,(H2,21,23)(H2,22,24). The van der Waals surface area contributed by atoms with Crippen LogP contribution >= 0.6 is 0 Å². The lowest BCUT2D eigenvalue weighted by Gasteiger charge is -2.10. The number of amides is 1. The Morgan fingerprint density at radius 3 is 2.36 bits per heavy atom. The molecule has 124 valence electrons. The van der Waals surface area contributed by atoms with Crippen molar-refractivity contribution in [2.24, 2.45) is 5.73 Å². The van der Waals surface area contributed by atoms with Crippen LogP contribution in [0.4, 0.5) is 5.82 Å². The maximum Gasteiger partial charge on any atom is 0.248 e. The van der Waals surface area contributed by atoms with Gasteiger partial charge in [-0.3, -0.25) is 4.79 Å². The smallest absolute Gasteiger partial charge is 0.248 e. The molecule has 3 aromatic rings. The fourth-order valence-corrected chi connectivity index (χ4v) is 2.75. The number of nitriles is 1. The quantitative estimate of drug-likeness (QED) is 0.763. The molecule has 6 nitrogen and oxygen atoms in total. The molecule has 0 atom stereocenters. The van der Waals surface area contributed by atoms with Crippen molar-refractivity contribution in [3.63, 3.8) is 0 Å². The maximum atomic E-state index is 11.2. The number of nitrogen functional groups attached to an aromatic ring is 1. The average molecular weight is 332 g/mol. The van der Waals surface area contributed by atoms with Gasteiger partial charge >= 0.3 is 0 Å². The highest BCUT2D eigenvalue weighted by atomic mass is 16.3. The summed E-state index contributed by atoms with van der Waals surface area (Å²) in [7, 11) is 0. The third-order valence-corrected chi connectivity index (χ3v) is 3.96. The molecule has 0 saturated carbocycles. The van der Waals surface area contributed by atoms with E-state index in [-0.39, 0.29) is 11.4 Å². The molecule has 25 heavy (non-hydrogen) atoms. The number of carbonyl (C=O) groups is 1. The van der Waals surface area contributed by atoms with Crippen LogP contribution in [0.3, 0.4) is 0 Å². The number of hydrogen-bond acceptors (Lipinski definition) is 5. The number of rotatable bonds is 3. The summed E-state index contributed by atoms with van der Waals surface area (Å²) >= 11 is 0. The van der Waals surface area contributed by atoms with Crippen molar-refractivity contribution in [1.29, 1.82) is 5.26 Å². The molecule has 3 rings (SSSR count). The first-order chi connectivity index (χ1) is 11.9. The lowest BCUT2D eigenvalue weighted by atomic mass is 9.97. The predicted molar refractivity (Wildman–Crippen MR) is 94.5 cm³/mol. The van der Waals surface area contributed by atoms with Crippen molar-refractivity contribution in [3.05, 3.63) is 59.0 Å². The Balaban J connectivity index is 2.19. The molecule has 4 N–H and O–H groups in total. The van der Waals surface area contributed by atoms with Gasteiger partial charge in [-0.25, -0.2) is 4.98 Å². The SMILES string of the molecule is Cc1cc(-c2cc(-c3ccc(C(N)=O)cc3)c(C#N)c(N)n2)c(C)o1. The third kappa shape index (κ3) is 2.95. The Kier molecular flexibility index (Phi) is 3.99. The molecular weight excluding hydrogens is 316 g/mol. The molecule has 0 aliphatic rings. The zero-order valence-corrected chi connectivity index (χ0v) is 13.8. The van der Waals surface area contributed by atoms with E-state index in [0.717, 1.165) is 22.6 Å². The van der Waals surface area contributed by atoms with Crippen molar-refractivity contribution in [3.8, 4) is 28.5 Å². The van der Waals surface area contributed by atoms with Gasteiger partial charge in [-0.2, -0.15) is 5.26 Å². The van der Waals surface area contributed by atoms with E-state index >= 15 is 0 Å². The molecule has 2 aromatic heterocycles. The molecule has 0 bridgehead atoms. The molecule has 6 heteroatoms. The van der Waals surface area contributed by atoms with Crippen LogP contribution in [0.25, 0.3) is 22.4 Å². The minimum absolute atomic E-state index is 0.146. The number of carbonyl (C=O) groups excluding carboxylic acids is 1. The van der Waals surface area contributed by atoms with Crippen LogP contribution in [-0.4, -0.2) is 10.9 Å². The highest BCUT2D eigenvalue weighted by Crippen LogP contribution is 2.33. The monoisotopic (exact) mass is 332 g/mol. The van der Waals surface area contributed by atoms with Gasteiger partial charge < -0.3 is 15.9 Å². The first kappa shape index (κ1) is 16.3. The number of furan rings is 1. The number of anilines is 1. The fourth-order valence-electron chi connectivity index (χ4n) is 2.75. The zero-order chi connectivity index (χ0) is 18.1. The number of nitrogens with two attached hydrogens (primary N) is 2. The normalized spacial score (nSPS) is 10.4. The van der Waals surface area contributed by atoms with Crippen LogP contribution in [0.15, 0.2) is 40.8 Å². The van der Waals surface area contributed by atoms with E-state index in [1.54, 1.807) is 30.3 Å². The summed E-state index contributed by atoms with van der Waals surface area (Å²) in [6.45, 7) is 3.70. The van der Waals surface area contributed by atoms with Gasteiger partial charge in [0.1, 0.15) is 29.0 Å². The molecule has 0 radical (unpaired) electrons. The molecule has 0 fully saturated rings. The van der Waals surface area contributed by atoms with E-state index in [2.05, 4.69) is 11.1 Å². The summed E-state index contributed by atoms with van der Waals surface area (Å²) in [4.78, 5) is 15.6. The highest BCUT2D eigenvalue weighted by Gasteiger charge is 2.16. The first-order valence-electron chi connectivity index (χ1n) is 7.59. The van der Waals surface area contributed by atoms with E-state index in [9.17, 15) is 10.1 Å². The minimum atomic E-state index is -0.508. The van der Waals surface area contributed by atoms with E-state index < -0.39 is 5.91 Å². The van der Waals surface area contributed by atoms with Crippen molar-refractivity contribution in [2.75, 3.05) is 5.73 Å². The molecule has 0 unspecified atom stereocenters. The summed E-state index contributed by atoms with van der Waals surface area (Å²) in [5.74, 6) is 1.13. The Hall–Kier alpha value is -3.59. The summed E-state index contributed by atoms with van der Waals surface area (Å²) in [6.07, 6.45) is 0. The maximum absolute atomic E-state index is 11.2. The van der Waals surface area contributed by atoms with Crippen LogP contribution in [0.2, 0.25) is 0 Å². The van der Waals surface area contributed by atoms with Crippen molar-refractivity contribution in [2.45, 2.75) is 13.8 Å². The van der Waals surface area contributed by atoms with Gasteiger partial charge in [0.2, 0.25) is 5.91 Å². The molecule has 2 heterocycles. The van der Waals surface area contributed by atoms with E-state index in [1.165, 1.54) is 0 Å². The topological polar surface area (TPSA) is 119 Å². The molecule has 1 amide bonds. The molecule has 0 saturated heterocycles. The largest absolute Gasteiger partial charge is 0.466 e. The summed E-state index contributed by atoms with van der Waals surface area (Å²) < 4.78 is 5.56. The van der Waals surface area contributed by atoms with Crippen LogP contribution in [0, 0.1) is 25.2 Å². The second-order valence-corrected chi connectivity index (χ2v) is 5.70. The van der Waals surface area contributed by atoms with Gasteiger partial charge in [0.25, 0.3) is 0 Å². The van der Waals surface area contributed by atoms with Crippen LogP contribution in [0.1, 0.15) is 27.4 Å². The van der Waals surface area contributed by atoms with Crippen LogP contribution in [0.5, 0.6) is 0 Å². The zero-order valence-electron chi connectivity index (χ0n) is 13.8. The van der Waals surface area contributed by atoms with Crippen molar-refractivity contribution in [1.82, 2.24) is 4.98 Å². The molecule has 0 spiro atoms. The molecule has 1 aromatic carbocycles. The van der Waals surface area contributed by atoms with E-state index in [4.69, 9.17) is 15.9 Å². The molecular formula is C19H16N4O2. The Labute approximate surface area is 144 Å². The van der Waals surface area contributed by atoms with Gasteiger partial charge in [0, 0.05) is 16.7 Å². The lowest BCUT2D eigenvalue weighted by Crippen LogP contribution is -2.10.